The van der Waals surface area contributed by atoms with Crippen LogP contribution in [0, 0.1) is 0 Å². The first-order valence-electron chi connectivity index (χ1n) is 6.36. The molecule has 1 unspecified atom stereocenters. The third-order valence-corrected chi connectivity index (χ3v) is 4.82. The molecule has 2 aromatic heterocycles. The number of pyridine rings is 1. The molecule has 1 atom stereocenters. The molecule has 0 aromatic carbocycles. The van der Waals surface area contributed by atoms with Gasteiger partial charge < -0.3 is 0 Å². The van der Waals surface area contributed by atoms with Crippen LogP contribution in [0.2, 0.25) is 0 Å². The summed E-state index contributed by atoms with van der Waals surface area (Å²) in [7, 11) is 0. The predicted molar refractivity (Wildman–Crippen MR) is 71.4 cm³/mol. The average Bonchev–Trinajstić information content (AvgIpc) is 2.85. The standard InChI is InChI=1S/C15H18NS/c1-3-13-6-5-7-14-15(4-2,11-16(13)14)12-8-9-17-10-12/h5-10H,3-4,11H2,1-2H3/q+1. The zero-order chi connectivity index (χ0) is 11.9. The monoisotopic (exact) mass is 244 g/mol. The van der Waals surface area contributed by atoms with Crippen LogP contribution in [0.4, 0.5) is 0 Å². The van der Waals surface area contributed by atoms with Crippen molar-refractivity contribution in [2.75, 3.05) is 0 Å². The molecule has 0 radical (unpaired) electrons. The van der Waals surface area contributed by atoms with E-state index >= 15 is 0 Å². The molecule has 17 heavy (non-hydrogen) atoms. The number of nitrogens with zero attached hydrogens (tertiary/aromatic N) is 1. The second-order valence-electron chi connectivity index (χ2n) is 4.79. The number of aryl methyl sites for hydroxylation is 1. The van der Waals surface area contributed by atoms with Crippen LogP contribution >= 0.6 is 11.3 Å². The fourth-order valence-corrected chi connectivity index (χ4v) is 3.79. The van der Waals surface area contributed by atoms with Crippen molar-refractivity contribution in [2.24, 2.45) is 0 Å². The first kappa shape index (κ1) is 11.0. The second-order valence-corrected chi connectivity index (χ2v) is 5.57. The molecule has 1 nitrogen and oxygen atoms in total. The van der Waals surface area contributed by atoms with Crippen molar-refractivity contribution in [2.45, 2.75) is 38.6 Å². The van der Waals surface area contributed by atoms with Gasteiger partial charge in [0.2, 0.25) is 0 Å². The maximum atomic E-state index is 2.49. The molecule has 0 saturated carbocycles. The number of aromatic nitrogens is 1. The van der Waals surface area contributed by atoms with Gasteiger partial charge in [0.25, 0.3) is 0 Å². The van der Waals surface area contributed by atoms with Gasteiger partial charge in [-0.05, 0) is 34.9 Å². The number of hydrogen-bond donors (Lipinski definition) is 0. The van der Waals surface area contributed by atoms with Crippen molar-refractivity contribution in [1.82, 2.24) is 0 Å². The van der Waals surface area contributed by atoms with Crippen molar-refractivity contribution < 1.29 is 4.57 Å². The Morgan fingerprint density at radius 2 is 2.18 bits per heavy atom. The van der Waals surface area contributed by atoms with Crippen molar-refractivity contribution in [1.29, 1.82) is 0 Å². The third-order valence-electron chi connectivity index (χ3n) is 4.14. The highest BCUT2D eigenvalue weighted by atomic mass is 32.1. The van der Waals surface area contributed by atoms with E-state index in [0.717, 1.165) is 13.0 Å². The zero-order valence-corrected chi connectivity index (χ0v) is 11.3. The van der Waals surface area contributed by atoms with E-state index in [1.807, 2.05) is 0 Å². The normalized spacial score (nSPS) is 22.0. The van der Waals surface area contributed by atoms with Gasteiger partial charge in [0.15, 0.2) is 17.9 Å². The number of rotatable bonds is 3. The highest BCUT2D eigenvalue weighted by molar-refractivity contribution is 7.08. The fourth-order valence-electron chi connectivity index (χ4n) is 3.03. The quantitative estimate of drug-likeness (QED) is 0.729. The Kier molecular flexibility index (Phi) is 2.55. The average molecular weight is 244 g/mol. The smallest absolute Gasteiger partial charge is 0.197 e. The summed E-state index contributed by atoms with van der Waals surface area (Å²) in [4.78, 5) is 0. The fraction of sp³-hybridized carbons (Fsp3) is 0.400. The molecular weight excluding hydrogens is 226 g/mol. The van der Waals surface area contributed by atoms with Crippen LogP contribution in [0.1, 0.15) is 37.2 Å². The lowest BCUT2D eigenvalue weighted by atomic mass is 9.70. The van der Waals surface area contributed by atoms with E-state index in [-0.39, 0.29) is 5.41 Å². The van der Waals surface area contributed by atoms with Gasteiger partial charge >= 0.3 is 0 Å². The Hall–Kier alpha value is -1.15. The molecule has 0 N–H and O–H groups in total. The van der Waals surface area contributed by atoms with E-state index in [0.29, 0.717) is 0 Å². The first-order chi connectivity index (χ1) is 8.31. The Morgan fingerprint density at radius 1 is 1.29 bits per heavy atom. The second kappa shape index (κ2) is 3.95. The zero-order valence-electron chi connectivity index (χ0n) is 10.4. The van der Waals surface area contributed by atoms with Crippen molar-refractivity contribution in [3.63, 3.8) is 0 Å². The maximum absolute atomic E-state index is 2.49. The molecule has 3 heterocycles. The highest BCUT2D eigenvalue weighted by Gasteiger charge is 2.52. The molecular formula is C15H18NS+. The van der Waals surface area contributed by atoms with E-state index in [1.165, 1.54) is 23.4 Å². The molecule has 0 amide bonds. The van der Waals surface area contributed by atoms with E-state index in [2.05, 4.69) is 53.4 Å². The van der Waals surface area contributed by atoms with E-state index in [9.17, 15) is 0 Å². The first-order valence-corrected chi connectivity index (χ1v) is 7.31. The third kappa shape index (κ3) is 1.40. The van der Waals surface area contributed by atoms with Crippen molar-refractivity contribution in [3.8, 4) is 0 Å². The van der Waals surface area contributed by atoms with Gasteiger partial charge in [0.05, 0.1) is 0 Å². The molecule has 3 rings (SSSR count). The van der Waals surface area contributed by atoms with Gasteiger partial charge in [-0.2, -0.15) is 15.9 Å². The summed E-state index contributed by atoms with van der Waals surface area (Å²) in [6, 6.07) is 9.04. The van der Waals surface area contributed by atoms with Crippen molar-refractivity contribution in [3.05, 3.63) is 52.0 Å². The molecule has 0 aliphatic carbocycles. The number of hydrogen-bond acceptors (Lipinski definition) is 1. The molecule has 0 spiro atoms. The van der Waals surface area contributed by atoms with Crippen LogP contribution in [0.5, 0.6) is 0 Å². The molecule has 2 aromatic rings. The van der Waals surface area contributed by atoms with Gasteiger partial charge in [-0.1, -0.05) is 13.8 Å². The van der Waals surface area contributed by atoms with Gasteiger partial charge in [0, 0.05) is 18.6 Å². The SMILES string of the molecule is CCc1cccc2[n+]1CC2(CC)c1ccsc1. The summed E-state index contributed by atoms with van der Waals surface area (Å²) in [5.74, 6) is 0. The van der Waals surface area contributed by atoms with Gasteiger partial charge in [0.1, 0.15) is 5.41 Å². The molecule has 0 bridgehead atoms. The van der Waals surface area contributed by atoms with Crippen molar-refractivity contribution >= 4 is 11.3 Å². The lowest BCUT2D eigenvalue weighted by Crippen LogP contribution is -2.65. The summed E-state index contributed by atoms with van der Waals surface area (Å²) in [6.45, 7) is 5.69. The Labute approximate surface area is 107 Å². The van der Waals surface area contributed by atoms with Crippen LogP contribution < -0.4 is 4.57 Å². The van der Waals surface area contributed by atoms with Crippen LogP contribution in [0.15, 0.2) is 35.0 Å². The molecule has 1 aliphatic rings. The summed E-state index contributed by atoms with van der Waals surface area (Å²) < 4.78 is 2.49. The summed E-state index contributed by atoms with van der Waals surface area (Å²) >= 11 is 1.81. The van der Waals surface area contributed by atoms with Crippen LogP contribution in [0.25, 0.3) is 0 Å². The minimum absolute atomic E-state index is 0.283. The Bertz CT molecular complexity index is 530. The minimum Gasteiger partial charge on any atom is -0.197 e. The van der Waals surface area contributed by atoms with E-state index in [4.69, 9.17) is 0 Å². The summed E-state index contributed by atoms with van der Waals surface area (Å²) in [6.07, 6.45) is 2.31. The maximum Gasteiger partial charge on any atom is 0.198 e. The van der Waals surface area contributed by atoms with Crippen LogP contribution in [-0.2, 0) is 18.4 Å². The van der Waals surface area contributed by atoms with Gasteiger partial charge in [-0.15, -0.1) is 0 Å². The number of fused-ring (bicyclic) bond motifs is 1. The minimum atomic E-state index is 0.283. The summed E-state index contributed by atoms with van der Waals surface area (Å²) in [5, 5.41) is 4.50. The largest absolute Gasteiger partial charge is 0.198 e. The molecule has 88 valence electrons. The predicted octanol–water partition coefficient (Wildman–Crippen LogP) is 3.31. The molecule has 0 fully saturated rings. The lowest BCUT2D eigenvalue weighted by molar-refractivity contribution is -0.764. The van der Waals surface area contributed by atoms with Crippen LogP contribution in [-0.4, -0.2) is 0 Å². The van der Waals surface area contributed by atoms with E-state index < -0.39 is 0 Å². The topological polar surface area (TPSA) is 3.88 Å². The lowest BCUT2D eigenvalue weighted by Gasteiger charge is -2.36. The van der Waals surface area contributed by atoms with Crippen LogP contribution in [0.3, 0.4) is 0 Å². The van der Waals surface area contributed by atoms with Gasteiger partial charge in [-0.3, -0.25) is 0 Å². The summed E-state index contributed by atoms with van der Waals surface area (Å²) in [5.41, 5.74) is 4.74. The molecule has 0 saturated heterocycles. The Balaban J connectivity index is 2.12. The van der Waals surface area contributed by atoms with E-state index in [1.54, 1.807) is 11.3 Å². The molecule has 2 heteroatoms. The Morgan fingerprint density at radius 3 is 2.82 bits per heavy atom. The van der Waals surface area contributed by atoms with Gasteiger partial charge in [-0.25, -0.2) is 0 Å². The number of thiophene rings is 1. The highest BCUT2D eigenvalue weighted by Crippen LogP contribution is 2.40. The molecule has 1 aliphatic heterocycles.